The largest absolute Gasteiger partial charge is 0.494 e. The van der Waals surface area contributed by atoms with Crippen LogP contribution in [-0.4, -0.2) is 36.3 Å². The van der Waals surface area contributed by atoms with Gasteiger partial charge in [-0.2, -0.15) is 0 Å². The first-order valence-corrected chi connectivity index (χ1v) is 9.76. The van der Waals surface area contributed by atoms with Crippen molar-refractivity contribution in [3.8, 4) is 5.75 Å². The van der Waals surface area contributed by atoms with Gasteiger partial charge in [0.25, 0.3) is 5.91 Å². The molecule has 1 aliphatic rings. The second-order valence-electron chi connectivity index (χ2n) is 6.52. The van der Waals surface area contributed by atoms with Crippen molar-refractivity contribution in [3.05, 3.63) is 63.6 Å². The Bertz CT molecular complexity index is 828. The Kier molecular flexibility index (Phi) is 6.40. The molecule has 1 heterocycles. The number of amides is 1. The van der Waals surface area contributed by atoms with Crippen molar-refractivity contribution in [1.82, 2.24) is 4.90 Å². The summed E-state index contributed by atoms with van der Waals surface area (Å²) in [4.78, 5) is 27.2. The molecule has 1 amide bonds. The minimum atomic E-state index is -0.105. The molecule has 2 aromatic rings. The summed E-state index contributed by atoms with van der Waals surface area (Å²) < 4.78 is 5.40. The lowest BCUT2D eigenvalue weighted by molar-refractivity contribution is 0.0650. The van der Waals surface area contributed by atoms with E-state index in [9.17, 15) is 9.59 Å². The second-order valence-corrected chi connectivity index (χ2v) is 7.33. The van der Waals surface area contributed by atoms with Gasteiger partial charge in [0.05, 0.1) is 16.7 Å². The van der Waals surface area contributed by atoms with Gasteiger partial charge in [0.1, 0.15) is 5.75 Å². The molecule has 0 unspecified atom stereocenters. The standard InChI is InChI=1S/C21H21Cl2NO3/c1-2-27-17-6-3-15(4-7-17)21(26)24-11-9-14(10-12-24)20(25)16-5-8-18(22)19(23)13-16/h3-8,13-14H,2,9-12H2,1H3. The molecule has 3 rings (SSSR count). The highest BCUT2D eigenvalue weighted by atomic mass is 35.5. The van der Waals surface area contributed by atoms with Crippen molar-refractivity contribution >= 4 is 34.9 Å². The van der Waals surface area contributed by atoms with Gasteiger partial charge in [-0.3, -0.25) is 9.59 Å². The van der Waals surface area contributed by atoms with Crippen LogP contribution in [0, 0.1) is 5.92 Å². The maximum Gasteiger partial charge on any atom is 0.253 e. The highest BCUT2D eigenvalue weighted by Crippen LogP contribution is 2.27. The van der Waals surface area contributed by atoms with Crippen LogP contribution in [-0.2, 0) is 0 Å². The van der Waals surface area contributed by atoms with Crippen molar-refractivity contribution in [1.29, 1.82) is 0 Å². The van der Waals surface area contributed by atoms with E-state index < -0.39 is 0 Å². The van der Waals surface area contributed by atoms with E-state index in [0.717, 1.165) is 5.75 Å². The monoisotopic (exact) mass is 405 g/mol. The summed E-state index contributed by atoms with van der Waals surface area (Å²) >= 11 is 11.9. The van der Waals surface area contributed by atoms with E-state index >= 15 is 0 Å². The van der Waals surface area contributed by atoms with Gasteiger partial charge < -0.3 is 9.64 Å². The summed E-state index contributed by atoms with van der Waals surface area (Å²) in [5.41, 5.74) is 1.20. The molecule has 0 spiro atoms. The highest BCUT2D eigenvalue weighted by Gasteiger charge is 2.28. The maximum atomic E-state index is 12.7. The summed E-state index contributed by atoms with van der Waals surface area (Å²) in [6.07, 6.45) is 1.28. The van der Waals surface area contributed by atoms with Crippen LogP contribution in [0.25, 0.3) is 0 Å². The van der Waals surface area contributed by atoms with E-state index in [2.05, 4.69) is 0 Å². The van der Waals surface area contributed by atoms with E-state index in [1.807, 2.05) is 6.92 Å². The van der Waals surface area contributed by atoms with Crippen molar-refractivity contribution < 1.29 is 14.3 Å². The minimum absolute atomic E-state index is 0.0153. The SMILES string of the molecule is CCOc1ccc(C(=O)N2CCC(C(=O)c3ccc(Cl)c(Cl)c3)CC2)cc1. The van der Waals surface area contributed by atoms with Gasteiger partial charge in [0, 0.05) is 30.1 Å². The van der Waals surface area contributed by atoms with Gasteiger partial charge >= 0.3 is 0 Å². The van der Waals surface area contributed by atoms with Crippen LogP contribution in [0.4, 0.5) is 0 Å². The average Bonchev–Trinajstić information content (AvgIpc) is 2.70. The lowest BCUT2D eigenvalue weighted by atomic mass is 9.88. The summed E-state index contributed by atoms with van der Waals surface area (Å²) in [7, 11) is 0. The van der Waals surface area contributed by atoms with Crippen molar-refractivity contribution in [2.75, 3.05) is 19.7 Å². The average molecular weight is 406 g/mol. The predicted octanol–water partition coefficient (Wildman–Crippen LogP) is 5.13. The first-order valence-electron chi connectivity index (χ1n) is 9.01. The van der Waals surface area contributed by atoms with E-state index in [1.165, 1.54) is 0 Å². The summed E-state index contributed by atoms with van der Waals surface area (Å²) in [5, 5.41) is 0.814. The Balaban J connectivity index is 1.60. The topological polar surface area (TPSA) is 46.6 Å². The van der Waals surface area contributed by atoms with Crippen molar-refractivity contribution in [2.24, 2.45) is 5.92 Å². The molecule has 142 valence electrons. The Labute approximate surface area is 169 Å². The van der Waals surface area contributed by atoms with Crippen LogP contribution >= 0.6 is 23.2 Å². The first-order chi connectivity index (χ1) is 13.0. The molecule has 4 nitrogen and oxygen atoms in total. The lowest BCUT2D eigenvalue weighted by Gasteiger charge is -2.31. The molecule has 1 fully saturated rings. The molecule has 0 N–H and O–H groups in total. The third-order valence-corrected chi connectivity index (χ3v) is 5.51. The molecular weight excluding hydrogens is 385 g/mol. The van der Waals surface area contributed by atoms with Crippen molar-refractivity contribution in [2.45, 2.75) is 19.8 Å². The van der Waals surface area contributed by atoms with E-state index in [-0.39, 0.29) is 17.6 Å². The van der Waals surface area contributed by atoms with Gasteiger partial charge in [0.15, 0.2) is 5.78 Å². The van der Waals surface area contributed by atoms with Gasteiger partial charge in [-0.1, -0.05) is 23.2 Å². The molecule has 2 aromatic carbocycles. The number of hydrogen-bond donors (Lipinski definition) is 0. The third kappa shape index (κ3) is 4.63. The van der Waals surface area contributed by atoms with Crippen LogP contribution in [0.3, 0.4) is 0 Å². The molecule has 0 atom stereocenters. The zero-order valence-electron chi connectivity index (χ0n) is 15.1. The normalized spacial score (nSPS) is 14.9. The minimum Gasteiger partial charge on any atom is -0.494 e. The van der Waals surface area contributed by atoms with E-state index in [1.54, 1.807) is 47.4 Å². The summed E-state index contributed by atoms with van der Waals surface area (Å²) in [5.74, 6) is 0.687. The van der Waals surface area contributed by atoms with Crippen LogP contribution < -0.4 is 4.74 Å². The molecule has 0 bridgehead atoms. The van der Waals surface area contributed by atoms with Gasteiger partial charge in [0.2, 0.25) is 0 Å². The smallest absolute Gasteiger partial charge is 0.253 e. The molecule has 1 aliphatic heterocycles. The number of ether oxygens (including phenoxy) is 1. The summed E-state index contributed by atoms with van der Waals surface area (Å²) in [6.45, 7) is 3.63. The van der Waals surface area contributed by atoms with Crippen LogP contribution in [0.5, 0.6) is 5.75 Å². The fourth-order valence-electron chi connectivity index (χ4n) is 3.27. The first kappa shape index (κ1) is 19.7. The number of carbonyl (C=O) groups excluding carboxylic acids is 2. The Morgan fingerprint density at radius 3 is 2.22 bits per heavy atom. The Morgan fingerprint density at radius 2 is 1.63 bits per heavy atom. The molecule has 6 heteroatoms. The zero-order chi connectivity index (χ0) is 19.4. The zero-order valence-corrected chi connectivity index (χ0v) is 16.6. The van der Waals surface area contributed by atoms with Crippen LogP contribution in [0.1, 0.15) is 40.5 Å². The number of rotatable bonds is 5. The molecule has 27 heavy (non-hydrogen) atoms. The number of piperidine rings is 1. The fourth-order valence-corrected chi connectivity index (χ4v) is 3.57. The van der Waals surface area contributed by atoms with Gasteiger partial charge in [-0.05, 0) is 62.2 Å². The molecule has 0 aliphatic carbocycles. The van der Waals surface area contributed by atoms with Crippen LogP contribution in [0.2, 0.25) is 10.0 Å². The number of ketones is 1. The fraction of sp³-hybridized carbons (Fsp3) is 0.333. The molecule has 0 radical (unpaired) electrons. The number of Topliss-reactive ketones (excluding diaryl/α,β-unsaturated/α-hetero) is 1. The van der Waals surface area contributed by atoms with Gasteiger partial charge in [-0.25, -0.2) is 0 Å². The number of hydrogen-bond acceptors (Lipinski definition) is 3. The molecule has 0 saturated carbocycles. The summed E-state index contributed by atoms with van der Waals surface area (Å²) in [6, 6.07) is 12.1. The number of likely N-dealkylation sites (tertiary alicyclic amines) is 1. The second kappa shape index (κ2) is 8.77. The number of halogens is 2. The quantitative estimate of drug-likeness (QED) is 0.647. The highest BCUT2D eigenvalue weighted by molar-refractivity contribution is 6.42. The van der Waals surface area contributed by atoms with E-state index in [4.69, 9.17) is 27.9 Å². The van der Waals surface area contributed by atoms with Crippen molar-refractivity contribution in [3.63, 3.8) is 0 Å². The molecular formula is C21H21Cl2NO3. The van der Waals surface area contributed by atoms with E-state index in [0.29, 0.717) is 53.7 Å². The third-order valence-electron chi connectivity index (χ3n) is 4.77. The molecule has 0 aromatic heterocycles. The number of nitrogens with zero attached hydrogens (tertiary/aromatic N) is 1. The van der Waals surface area contributed by atoms with Crippen LogP contribution in [0.15, 0.2) is 42.5 Å². The predicted molar refractivity (Wildman–Crippen MR) is 107 cm³/mol. The maximum absolute atomic E-state index is 12.7. The van der Waals surface area contributed by atoms with Gasteiger partial charge in [-0.15, -0.1) is 0 Å². The Hall–Kier alpha value is -2.04. The molecule has 1 saturated heterocycles. The lowest BCUT2D eigenvalue weighted by Crippen LogP contribution is -2.40. The number of carbonyl (C=O) groups is 2. The Morgan fingerprint density at radius 1 is 1.00 bits per heavy atom. The number of benzene rings is 2.